The third-order valence-electron chi connectivity index (χ3n) is 2.68. The number of hydrogen-bond acceptors (Lipinski definition) is 3. The van der Waals surface area contributed by atoms with Crippen molar-refractivity contribution in [3.05, 3.63) is 48.5 Å². The molecule has 0 aliphatic rings. The predicted molar refractivity (Wildman–Crippen MR) is 64.2 cm³/mol. The molecule has 3 aromatic rings. The average molecular weight is 242 g/mol. The Bertz CT molecular complexity index is 698. The number of imidazole rings is 1. The van der Waals surface area contributed by atoms with E-state index < -0.39 is 5.97 Å². The second-order valence-electron chi connectivity index (χ2n) is 3.89. The first kappa shape index (κ1) is 10.6. The fourth-order valence-electron chi connectivity index (χ4n) is 1.95. The van der Waals surface area contributed by atoms with Crippen LogP contribution in [-0.2, 0) is 11.2 Å². The Morgan fingerprint density at radius 2 is 2.22 bits per heavy atom. The molecule has 0 saturated carbocycles. The van der Waals surface area contributed by atoms with E-state index in [4.69, 9.17) is 9.52 Å². The van der Waals surface area contributed by atoms with E-state index >= 15 is 0 Å². The summed E-state index contributed by atoms with van der Waals surface area (Å²) in [5, 5.41) is 8.89. The van der Waals surface area contributed by atoms with Crippen LogP contribution in [0.3, 0.4) is 0 Å². The monoisotopic (exact) mass is 242 g/mol. The van der Waals surface area contributed by atoms with Crippen molar-refractivity contribution in [2.24, 2.45) is 0 Å². The number of hydrogen-bond donors (Lipinski definition) is 1. The summed E-state index contributed by atoms with van der Waals surface area (Å²) in [6.45, 7) is 0. The van der Waals surface area contributed by atoms with Crippen LogP contribution in [0.4, 0.5) is 0 Å². The summed E-state index contributed by atoms with van der Waals surface area (Å²) < 4.78 is 7.15. The molecule has 0 amide bonds. The van der Waals surface area contributed by atoms with Gasteiger partial charge in [0.05, 0.1) is 23.9 Å². The van der Waals surface area contributed by atoms with E-state index in [0.717, 1.165) is 5.52 Å². The Balaban J connectivity index is 2.24. The van der Waals surface area contributed by atoms with Crippen molar-refractivity contribution >= 4 is 11.5 Å². The van der Waals surface area contributed by atoms with Gasteiger partial charge in [0.15, 0.2) is 11.6 Å². The molecule has 3 rings (SSSR count). The van der Waals surface area contributed by atoms with E-state index in [1.807, 2.05) is 28.8 Å². The van der Waals surface area contributed by atoms with Crippen LogP contribution in [0.5, 0.6) is 0 Å². The summed E-state index contributed by atoms with van der Waals surface area (Å²) in [6.07, 6.45) is 3.30. The summed E-state index contributed by atoms with van der Waals surface area (Å²) in [5.74, 6) is 0.338. The maximum atomic E-state index is 10.8. The topological polar surface area (TPSA) is 67.7 Å². The Hall–Kier alpha value is -2.56. The lowest BCUT2D eigenvalue weighted by Crippen LogP contribution is -2.00. The van der Waals surface area contributed by atoms with Crippen LogP contribution in [0.2, 0.25) is 0 Å². The standard InChI is InChI=1S/C13H10N2O3/c16-12(17)8-9-10-4-1-2-6-15(10)13(14-9)11-5-3-7-18-11/h1-7H,8H2,(H,16,17). The maximum absolute atomic E-state index is 10.8. The van der Waals surface area contributed by atoms with Crippen LogP contribution in [0.25, 0.3) is 17.1 Å². The molecule has 3 aromatic heterocycles. The lowest BCUT2D eigenvalue weighted by molar-refractivity contribution is -0.136. The Morgan fingerprint density at radius 1 is 1.33 bits per heavy atom. The first-order chi connectivity index (χ1) is 8.75. The molecule has 0 aromatic carbocycles. The Kier molecular flexibility index (Phi) is 2.37. The van der Waals surface area contributed by atoms with Crippen molar-refractivity contribution in [3.8, 4) is 11.6 Å². The van der Waals surface area contributed by atoms with Crippen molar-refractivity contribution in [1.29, 1.82) is 0 Å². The number of aromatic nitrogens is 2. The summed E-state index contributed by atoms with van der Waals surface area (Å²) in [6, 6.07) is 9.14. The number of nitrogens with zero attached hydrogens (tertiary/aromatic N) is 2. The van der Waals surface area contributed by atoms with Crippen LogP contribution < -0.4 is 0 Å². The zero-order valence-corrected chi connectivity index (χ0v) is 9.41. The fourth-order valence-corrected chi connectivity index (χ4v) is 1.95. The maximum Gasteiger partial charge on any atom is 0.309 e. The average Bonchev–Trinajstić information content (AvgIpc) is 2.96. The van der Waals surface area contributed by atoms with Crippen LogP contribution in [0.1, 0.15) is 5.69 Å². The normalized spacial score (nSPS) is 10.9. The number of fused-ring (bicyclic) bond motifs is 1. The molecule has 5 nitrogen and oxygen atoms in total. The van der Waals surface area contributed by atoms with Crippen molar-refractivity contribution in [3.63, 3.8) is 0 Å². The van der Waals surface area contributed by atoms with E-state index in [-0.39, 0.29) is 6.42 Å². The molecule has 90 valence electrons. The summed E-state index contributed by atoms with van der Waals surface area (Å²) >= 11 is 0. The summed E-state index contributed by atoms with van der Waals surface area (Å²) in [4.78, 5) is 15.2. The van der Waals surface area contributed by atoms with E-state index in [0.29, 0.717) is 17.3 Å². The van der Waals surface area contributed by atoms with E-state index in [1.165, 1.54) is 0 Å². The van der Waals surface area contributed by atoms with Crippen molar-refractivity contribution in [2.75, 3.05) is 0 Å². The molecular formula is C13H10N2O3. The molecular weight excluding hydrogens is 232 g/mol. The van der Waals surface area contributed by atoms with Gasteiger partial charge in [-0.25, -0.2) is 4.98 Å². The van der Waals surface area contributed by atoms with Gasteiger partial charge in [0.2, 0.25) is 0 Å². The minimum Gasteiger partial charge on any atom is -0.481 e. The molecule has 0 unspecified atom stereocenters. The number of rotatable bonds is 3. The SMILES string of the molecule is O=C(O)Cc1nc(-c2ccco2)n2ccccc12. The first-order valence-corrected chi connectivity index (χ1v) is 5.47. The molecule has 0 aliphatic carbocycles. The van der Waals surface area contributed by atoms with Crippen molar-refractivity contribution in [1.82, 2.24) is 9.38 Å². The molecule has 3 heterocycles. The van der Waals surface area contributed by atoms with Gasteiger partial charge in [0.1, 0.15) is 0 Å². The quantitative estimate of drug-likeness (QED) is 0.764. The second kappa shape index (κ2) is 4.03. The molecule has 5 heteroatoms. The van der Waals surface area contributed by atoms with Gasteiger partial charge in [-0.1, -0.05) is 6.07 Å². The van der Waals surface area contributed by atoms with E-state index in [9.17, 15) is 4.79 Å². The second-order valence-corrected chi connectivity index (χ2v) is 3.89. The first-order valence-electron chi connectivity index (χ1n) is 5.47. The number of furan rings is 1. The van der Waals surface area contributed by atoms with Gasteiger partial charge in [-0.05, 0) is 24.3 Å². The molecule has 0 radical (unpaired) electrons. The Labute approximate surface area is 102 Å². The zero-order chi connectivity index (χ0) is 12.5. The smallest absolute Gasteiger partial charge is 0.309 e. The number of carboxylic acid groups (broad SMARTS) is 1. The van der Waals surface area contributed by atoms with E-state index in [2.05, 4.69) is 4.98 Å². The van der Waals surface area contributed by atoms with E-state index in [1.54, 1.807) is 18.4 Å². The highest BCUT2D eigenvalue weighted by Crippen LogP contribution is 2.23. The molecule has 0 fully saturated rings. The van der Waals surface area contributed by atoms with Gasteiger partial charge in [0, 0.05) is 6.20 Å². The lowest BCUT2D eigenvalue weighted by Gasteiger charge is -1.96. The van der Waals surface area contributed by atoms with Crippen LogP contribution in [-0.4, -0.2) is 20.5 Å². The van der Waals surface area contributed by atoms with Gasteiger partial charge in [-0.3, -0.25) is 9.20 Å². The minimum absolute atomic E-state index is 0.103. The predicted octanol–water partition coefficient (Wildman–Crippen LogP) is 2.22. The van der Waals surface area contributed by atoms with Crippen LogP contribution >= 0.6 is 0 Å². The van der Waals surface area contributed by atoms with Crippen molar-refractivity contribution < 1.29 is 14.3 Å². The molecule has 0 saturated heterocycles. The van der Waals surface area contributed by atoms with Gasteiger partial charge < -0.3 is 9.52 Å². The lowest BCUT2D eigenvalue weighted by atomic mass is 10.2. The summed E-state index contributed by atoms with van der Waals surface area (Å²) in [5.41, 5.74) is 1.32. The highest BCUT2D eigenvalue weighted by Gasteiger charge is 2.15. The van der Waals surface area contributed by atoms with Gasteiger partial charge in [0.25, 0.3) is 0 Å². The third-order valence-corrected chi connectivity index (χ3v) is 2.68. The summed E-state index contributed by atoms with van der Waals surface area (Å²) in [7, 11) is 0. The molecule has 1 N–H and O–H groups in total. The molecule has 0 spiro atoms. The number of carbonyl (C=O) groups is 1. The van der Waals surface area contributed by atoms with Crippen molar-refractivity contribution in [2.45, 2.75) is 6.42 Å². The number of carboxylic acids is 1. The van der Waals surface area contributed by atoms with Gasteiger partial charge in [-0.2, -0.15) is 0 Å². The van der Waals surface area contributed by atoms with Crippen LogP contribution in [0.15, 0.2) is 47.2 Å². The van der Waals surface area contributed by atoms with Gasteiger partial charge in [-0.15, -0.1) is 0 Å². The molecule has 0 atom stereocenters. The largest absolute Gasteiger partial charge is 0.481 e. The Morgan fingerprint density at radius 3 is 2.94 bits per heavy atom. The van der Waals surface area contributed by atoms with Crippen LogP contribution in [0, 0.1) is 0 Å². The molecule has 0 bridgehead atoms. The minimum atomic E-state index is -0.898. The highest BCUT2D eigenvalue weighted by molar-refractivity contribution is 5.74. The number of pyridine rings is 1. The zero-order valence-electron chi connectivity index (χ0n) is 9.41. The van der Waals surface area contributed by atoms with Gasteiger partial charge >= 0.3 is 5.97 Å². The third kappa shape index (κ3) is 1.66. The highest BCUT2D eigenvalue weighted by atomic mass is 16.4. The fraction of sp³-hybridized carbons (Fsp3) is 0.0769. The molecule has 0 aliphatic heterocycles. The molecule has 18 heavy (non-hydrogen) atoms. The number of aliphatic carboxylic acids is 1.